The summed E-state index contributed by atoms with van der Waals surface area (Å²) in [5, 5.41) is 0. The second-order valence-corrected chi connectivity index (χ2v) is 11.4. The summed E-state index contributed by atoms with van der Waals surface area (Å²) in [4.78, 5) is 41.9. The second-order valence-electron chi connectivity index (χ2n) is 9.80. The third kappa shape index (κ3) is 6.33. The number of carbonyl (C=O) groups is 2. The Balaban J connectivity index is 1.45. The Morgan fingerprint density at radius 3 is 2.44 bits per heavy atom. The van der Waals surface area contributed by atoms with E-state index >= 15 is 0 Å². The number of allylic oxidation sites excluding steroid dienone is 1. The molecule has 0 spiro atoms. The van der Waals surface area contributed by atoms with Crippen molar-refractivity contribution in [2.24, 2.45) is 0 Å². The van der Waals surface area contributed by atoms with E-state index in [0.29, 0.717) is 53.9 Å². The molecular weight excluding hydrogens is 582 g/mol. The van der Waals surface area contributed by atoms with Gasteiger partial charge < -0.3 is 9.64 Å². The monoisotopic (exact) mass is 608 g/mol. The van der Waals surface area contributed by atoms with Crippen molar-refractivity contribution in [3.63, 3.8) is 0 Å². The minimum absolute atomic E-state index is 0.0129. The number of amides is 1. The fourth-order valence-corrected chi connectivity index (χ4v) is 6.04. The number of methoxy groups -OCH3 is 1. The molecule has 5 rings (SSSR count). The molecule has 11 nitrogen and oxygen atoms in total. The minimum atomic E-state index is -4.69. The molecule has 3 aromatic heterocycles. The smallest absolute Gasteiger partial charge is 0.267 e. The number of anilines is 1. The topological polar surface area (TPSA) is 144 Å². The third-order valence-corrected chi connectivity index (χ3v) is 8.35. The van der Waals surface area contributed by atoms with Crippen LogP contribution >= 0.6 is 0 Å². The van der Waals surface area contributed by atoms with E-state index in [4.69, 9.17) is 9.72 Å². The molecule has 1 aliphatic heterocycles. The number of halogens is 2. The van der Waals surface area contributed by atoms with Gasteiger partial charge in [0.1, 0.15) is 29.2 Å². The van der Waals surface area contributed by atoms with Crippen molar-refractivity contribution in [3.05, 3.63) is 78.4 Å². The number of sulfonamides is 1. The van der Waals surface area contributed by atoms with Gasteiger partial charge in [-0.15, -0.1) is 0 Å². The summed E-state index contributed by atoms with van der Waals surface area (Å²) in [6.07, 6.45) is 6.66. The fourth-order valence-electron chi connectivity index (χ4n) is 4.85. The lowest BCUT2D eigenvalue weighted by Crippen LogP contribution is -2.37. The van der Waals surface area contributed by atoms with Crippen LogP contribution < -0.4 is 9.46 Å². The van der Waals surface area contributed by atoms with E-state index in [1.165, 1.54) is 44.8 Å². The van der Waals surface area contributed by atoms with Gasteiger partial charge in [-0.2, -0.15) is 0 Å². The number of fused-ring (bicyclic) bond motifs is 1. The van der Waals surface area contributed by atoms with Crippen LogP contribution in [0.15, 0.2) is 66.0 Å². The van der Waals surface area contributed by atoms with E-state index in [1.807, 2.05) is 0 Å². The molecule has 4 heterocycles. The first-order valence-corrected chi connectivity index (χ1v) is 14.7. The maximum Gasteiger partial charge on any atom is 0.267 e. The Morgan fingerprint density at radius 1 is 1.05 bits per heavy atom. The zero-order valence-corrected chi connectivity index (χ0v) is 23.9. The Hall–Kier alpha value is -4.85. The van der Waals surface area contributed by atoms with Crippen LogP contribution in [0.3, 0.4) is 0 Å². The maximum atomic E-state index is 14.3. The summed E-state index contributed by atoms with van der Waals surface area (Å²) in [5.74, 6) is -3.05. The molecule has 222 valence electrons. The van der Waals surface area contributed by atoms with Gasteiger partial charge in [0, 0.05) is 36.8 Å². The number of hydrogen-bond acceptors (Lipinski definition) is 9. The standard InChI is InChI=1S/C29H26F2N6O5S/c1-17(38)6-9-25(39)37-12-10-18(11-13-37)26-27-23(33-16-34-26)8-7-22(35-27)19-14-24(29(42-2)32-15-19)36-43(40,41)28-20(30)4-3-5-21(28)31/h3-9,14-16,18,36H,10-13H2,1-2H3/b9-6+. The van der Waals surface area contributed by atoms with Crippen molar-refractivity contribution < 1.29 is 31.5 Å². The number of likely N-dealkylation sites (tertiary alicyclic amines) is 1. The second kappa shape index (κ2) is 12.2. The van der Waals surface area contributed by atoms with Crippen LogP contribution in [0, 0.1) is 11.6 Å². The minimum Gasteiger partial charge on any atom is -0.480 e. The molecule has 1 aliphatic rings. The van der Waals surface area contributed by atoms with Gasteiger partial charge in [-0.05, 0) is 56.2 Å². The summed E-state index contributed by atoms with van der Waals surface area (Å²) in [7, 11) is -3.41. The molecule has 14 heteroatoms. The summed E-state index contributed by atoms with van der Waals surface area (Å²) < 4.78 is 61.8. The van der Waals surface area contributed by atoms with E-state index in [-0.39, 0.29) is 29.2 Å². The lowest BCUT2D eigenvalue weighted by atomic mass is 9.92. The van der Waals surface area contributed by atoms with E-state index in [0.717, 1.165) is 18.2 Å². The Kier molecular flexibility index (Phi) is 8.39. The van der Waals surface area contributed by atoms with Crippen molar-refractivity contribution in [2.75, 3.05) is 24.9 Å². The molecule has 0 saturated carbocycles. The van der Waals surface area contributed by atoms with Gasteiger partial charge in [0.25, 0.3) is 10.0 Å². The highest BCUT2D eigenvalue weighted by Gasteiger charge is 2.27. The molecule has 1 N–H and O–H groups in total. The number of hydrogen-bond donors (Lipinski definition) is 1. The quantitative estimate of drug-likeness (QED) is 0.293. The predicted molar refractivity (Wildman–Crippen MR) is 153 cm³/mol. The van der Waals surface area contributed by atoms with E-state index in [2.05, 4.69) is 19.7 Å². The number of pyridine rings is 2. The largest absolute Gasteiger partial charge is 0.480 e. The molecule has 0 unspecified atom stereocenters. The molecule has 0 atom stereocenters. The predicted octanol–water partition coefficient (Wildman–Crippen LogP) is 4.03. The number of piperidine rings is 1. The maximum absolute atomic E-state index is 14.3. The van der Waals surface area contributed by atoms with Gasteiger partial charge in [-0.3, -0.25) is 14.3 Å². The Bertz CT molecular complexity index is 1840. The highest BCUT2D eigenvalue weighted by Crippen LogP contribution is 2.34. The van der Waals surface area contributed by atoms with Crippen LogP contribution in [-0.4, -0.2) is 65.1 Å². The fraction of sp³-hybridized carbons (Fsp3) is 0.241. The molecule has 0 aliphatic carbocycles. The van der Waals surface area contributed by atoms with E-state index in [9.17, 15) is 26.8 Å². The van der Waals surface area contributed by atoms with Crippen LogP contribution in [0.25, 0.3) is 22.3 Å². The first-order valence-electron chi connectivity index (χ1n) is 13.2. The van der Waals surface area contributed by atoms with Gasteiger partial charge >= 0.3 is 0 Å². The number of carbonyl (C=O) groups excluding carboxylic acids is 2. The molecular formula is C29H26F2N6O5S. The average molecular weight is 609 g/mol. The summed E-state index contributed by atoms with van der Waals surface area (Å²) in [6.45, 7) is 2.34. The van der Waals surface area contributed by atoms with Crippen LogP contribution in [0.5, 0.6) is 5.88 Å². The van der Waals surface area contributed by atoms with E-state index < -0.39 is 26.6 Å². The number of rotatable bonds is 8. The lowest BCUT2D eigenvalue weighted by Gasteiger charge is -2.31. The summed E-state index contributed by atoms with van der Waals surface area (Å²) in [5.41, 5.74) is 2.49. The molecule has 0 radical (unpaired) electrons. The van der Waals surface area contributed by atoms with Crippen molar-refractivity contribution in [1.82, 2.24) is 24.8 Å². The number of aromatic nitrogens is 4. The Morgan fingerprint density at radius 2 is 1.77 bits per heavy atom. The third-order valence-electron chi connectivity index (χ3n) is 6.94. The summed E-state index contributed by atoms with van der Waals surface area (Å²) in [6, 6.07) is 7.58. The molecule has 1 amide bonds. The van der Waals surface area contributed by atoms with Crippen LogP contribution in [-0.2, 0) is 19.6 Å². The molecule has 1 fully saturated rings. The van der Waals surface area contributed by atoms with Gasteiger partial charge in [0.15, 0.2) is 10.7 Å². The van der Waals surface area contributed by atoms with Crippen molar-refractivity contribution in [3.8, 4) is 17.1 Å². The van der Waals surface area contributed by atoms with Crippen molar-refractivity contribution in [2.45, 2.75) is 30.6 Å². The molecule has 4 aromatic rings. The van der Waals surface area contributed by atoms with Crippen molar-refractivity contribution in [1.29, 1.82) is 0 Å². The van der Waals surface area contributed by atoms with Gasteiger partial charge in [0.2, 0.25) is 11.8 Å². The number of ether oxygens (including phenoxy) is 1. The highest BCUT2D eigenvalue weighted by atomic mass is 32.2. The zero-order chi connectivity index (χ0) is 30.7. The summed E-state index contributed by atoms with van der Waals surface area (Å²) >= 11 is 0. The number of nitrogens with zero attached hydrogens (tertiary/aromatic N) is 5. The highest BCUT2D eigenvalue weighted by molar-refractivity contribution is 7.92. The van der Waals surface area contributed by atoms with Gasteiger partial charge in [-0.25, -0.2) is 37.1 Å². The van der Waals surface area contributed by atoms with Crippen molar-refractivity contribution >= 4 is 38.4 Å². The Labute approximate surface area is 245 Å². The molecule has 43 heavy (non-hydrogen) atoms. The number of ketones is 1. The van der Waals surface area contributed by atoms with Crippen LogP contribution in [0.4, 0.5) is 14.5 Å². The first-order chi connectivity index (χ1) is 20.6. The zero-order valence-electron chi connectivity index (χ0n) is 23.1. The molecule has 1 saturated heterocycles. The normalized spacial score (nSPS) is 14.3. The lowest BCUT2D eigenvalue weighted by molar-refractivity contribution is -0.127. The molecule has 0 bridgehead atoms. The average Bonchev–Trinajstić information content (AvgIpc) is 2.99. The van der Waals surface area contributed by atoms with Gasteiger partial charge in [-0.1, -0.05) is 6.07 Å². The number of nitrogens with one attached hydrogen (secondary N) is 1. The van der Waals surface area contributed by atoms with E-state index in [1.54, 1.807) is 17.0 Å². The van der Waals surface area contributed by atoms with Crippen LogP contribution in [0.1, 0.15) is 31.4 Å². The first kappa shape index (κ1) is 29.6. The number of benzene rings is 1. The molecule has 1 aromatic carbocycles. The SMILES string of the molecule is COc1ncc(-c2ccc3ncnc(C4CCN(C(=O)/C=C/C(C)=O)CC4)c3n2)cc1NS(=O)(=O)c1c(F)cccc1F. The van der Waals surface area contributed by atoms with Gasteiger partial charge in [0.05, 0.1) is 24.0 Å². The van der Waals surface area contributed by atoms with Crippen LogP contribution in [0.2, 0.25) is 0 Å².